The first-order valence-corrected chi connectivity index (χ1v) is 7.25. The minimum absolute atomic E-state index is 0.144. The topological polar surface area (TPSA) is 55.9 Å². The zero-order chi connectivity index (χ0) is 14.5. The van der Waals surface area contributed by atoms with Gasteiger partial charge in [-0.3, -0.25) is 0 Å². The van der Waals surface area contributed by atoms with E-state index in [1.54, 1.807) is 12.6 Å². The van der Waals surface area contributed by atoms with Crippen molar-refractivity contribution < 1.29 is 4.42 Å². The minimum Gasteiger partial charge on any atom is -0.467 e. The zero-order valence-corrected chi connectivity index (χ0v) is 12.8. The van der Waals surface area contributed by atoms with E-state index in [1.165, 1.54) is 5.56 Å². The second-order valence-corrected chi connectivity index (χ2v) is 5.53. The highest BCUT2D eigenvalue weighted by Crippen LogP contribution is 2.22. The van der Waals surface area contributed by atoms with Crippen LogP contribution in [0.2, 0.25) is 0 Å². The van der Waals surface area contributed by atoms with Crippen LogP contribution in [0.3, 0.4) is 0 Å². The van der Waals surface area contributed by atoms with Gasteiger partial charge in [-0.1, -0.05) is 20.8 Å². The van der Waals surface area contributed by atoms with Crippen LogP contribution in [0, 0.1) is 12.8 Å². The quantitative estimate of drug-likeness (QED) is 0.845. The standard InChI is InChI=1S/C15H24N4O/c1-5-16-13(15-12(4)6-7-20-15)8-14-17-10-18-19(14)9-11(2)3/h6-7,10-11,13,16H,5,8-9H2,1-4H3. The van der Waals surface area contributed by atoms with E-state index in [9.17, 15) is 0 Å². The predicted molar refractivity (Wildman–Crippen MR) is 78.4 cm³/mol. The Hall–Kier alpha value is -1.62. The van der Waals surface area contributed by atoms with E-state index in [0.717, 1.165) is 31.1 Å². The summed E-state index contributed by atoms with van der Waals surface area (Å²) >= 11 is 0. The summed E-state index contributed by atoms with van der Waals surface area (Å²) in [5.41, 5.74) is 1.17. The van der Waals surface area contributed by atoms with Crippen LogP contribution in [0.5, 0.6) is 0 Å². The van der Waals surface area contributed by atoms with Crippen LogP contribution >= 0.6 is 0 Å². The average Bonchev–Trinajstić information content (AvgIpc) is 2.98. The van der Waals surface area contributed by atoms with Gasteiger partial charge < -0.3 is 9.73 Å². The van der Waals surface area contributed by atoms with E-state index in [2.05, 4.69) is 43.1 Å². The van der Waals surface area contributed by atoms with Crippen LogP contribution in [0.25, 0.3) is 0 Å². The van der Waals surface area contributed by atoms with Gasteiger partial charge in [-0.15, -0.1) is 0 Å². The van der Waals surface area contributed by atoms with Crippen LogP contribution in [0.15, 0.2) is 23.1 Å². The highest BCUT2D eigenvalue weighted by molar-refractivity contribution is 5.19. The van der Waals surface area contributed by atoms with E-state index in [-0.39, 0.29) is 6.04 Å². The second-order valence-electron chi connectivity index (χ2n) is 5.53. The molecule has 0 aliphatic heterocycles. The molecule has 0 bridgehead atoms. The first-order chi connectivity index (χ1) is 9.61. The molecule has 5 nitrogen and oxygen atoms in total. The van der Waals surface area contributed by atoms with Crippen LogP contribution in [0.1, 0.15) is 44.0 Å². The molecule has 2 aromatic heterocycles. The molecule has 2 heterocycles. The number of aryl methyl sites for hydroxylation is 1. The van der Waals surface area contributed by atoms with Crippen LogP contribution in [-0.2, 0) is 13.0 Å². The molecule has 2 aromatic rings. The highest BCUT2D eigenvalue weighted by atomic mass is 16.3. The normalized spacial score (nSPS) is 13.1. The first-order valence-electron chi connectivity index (χ1n) is 7.25. The number of likely N-dealkylation sites (N-methyl/N-ethyl adjacent to an activating group) is 1. The number of furan rings is 1. The molecule has 0 aliphatic rings. The number of aromatic nitrogens is 3. The lowest BCUT2D eigenvalue weighted by atomic mass is 10.1. The number of nitrogens with one attached hydrogen (secondary N) is 1. The minimum atomic E-state index is 0.144. The largest absolute Gasteiger partial charge is 0.467 e. The summed E-state index contributed by atoms with van der Waals surface area (Å²) in [4.78, 5) is 4.40. The lowest BCUT2D eigenvalue weighted by molar-refractivity contribution is 0.394. The molecular weight excluding hydrogens is 252 g/mol. The second kappa shape index (κ2) is 6.70. The molecule has 20 heavy (non-hydrogen) atoms. The van der Waals surface area contributed by atoms with E-state index in [4.69, 9.17) is 4.42 Å². The third-order valence-corrected chi connectivity index (χ3v) is 3.29. The Morgan fingerprint density at radius 3 is 2.80 bits per heavy atom. The molecule has 5 heteroatoms. The van der Waals surface area contributed by atoms with Crippen LogP contribution in [0.4, 0.5) is 0 Å². The first kappa shape index (κ1) is 14.8. The molecule has 1 unspecified atom stereocenters. The van der Waals surface area contributed by atoms with E-state index >= 15 is 0 Å². The number of hydrogen-bond donors (Lipinski definition) is 1. The van der Waals surface area contributed by atoms with Crippen molar-refractivity contribution in [1.29, 1.82) is 0 Å². The Morgan fingerprint density at radius 2 is 2.20 bits per heavy atom. The molecular formula is C15H24N4O. The zero-order valence-electron chi connectivity index (χ0n) is 12.8. The highest BCUT2D eigenvalue weighted by Gasteiger charge is 2.19. The summed E-state index contributed by atoms with van der Waals surface area (Å²) in [5.74, 6) is 2.55. The summed E-state index contributed by atoms with van der Waals surface area (Å²) in [6, 6.07) is 2.14. The summed E-state index contributed by atoms with van der Waals surface area (Å²) in [7, 11) is 0. The van der Waals surface area contributed by atoms with Crippen LogP contribution < -0.4 is 5.32 Å². The van der Waals surface area contributed by atoms with Gasteiger partial charge >= 0.3 is 0 Å². The average molecular weight is 276 g/mol. The monoisotopic (exact) mass is 276 g/mol. The Balaban J connectivity index is 2.17. The molecule has 1 N–H and O–H groups in total. The fraction of sp³-hybridized carbons (Fsp3) is 0.600. The van der Waals surface area contributed by atoms with Crippen LogP contribution in [-0.4, -0.2) is 21.3 Å². The molecule has 1 atom stereocenters. The lowest BCUT2D eigenvalue weighted by Gasteiger charge is -2.17. The van der Waals surface area contributed by atoms with Gasteiger partial charge in [0.1, 0.15) is 17.9 Å². The lowest BCUT2D eigenvalue weighted by Crippen LogP contribution is -2.25. The van der Waals surface area contributed by atoms with Crippen molar-refractivity contribution in [3.8, 4) is 0 Å². The molecule has 0 saturated heterocycles. The van der Waals surface area contributed by atoms with Gasteiger partial charge in [0.2, 0.25) is 0 Å². The molecule has 0 aromatic carbocycles. The Bertz CT molecular complexity index is 529. The molecule has 0 radical (unpaired) electrons. The number of hydrogen-bond acceptors (Lipinski definition) is 4. The van der Waals surface area contributed by atoms with E-state index in [0.29, 0.717) is 5.92 Å². The predicted octanol–water partition coefficient (Wildman–Crippen LogP) is 2.73. The molecule has 0 spiro atoms. The number of rotatable bonds is 7. The summed E-state index contributed by atoms with van der Waals surface area (Å²) in [6.45, 7) is 10.3. The maximum Gasteiger partial charge on any atom is 0.138 e. The maximum atomic E-state index is 5.63. The summed E-state index contributed by atoms with van der Waals surface area (Å²) in [5, 5.41) is 7.79. The number of nitrogens with zero attached hydrogens (tertiary/aromatic N) is 3. The Morgan fingerprint density at radius 1 is 1.40 bits per heavy atom. The molecule has 0 amide bonds. The van der Waals surface area contributed by atoms with Gasteiger partial charge in [0.05, 0.1) is 12.3 Å². The Kier molecular flexibility index (Phi) is 4.95. The van der Waals surface area contributed by atoms with E-state index < -0.39 is 0 Å². The van der Waals surface area contributed by atoms with Crippen molar-refractivity contribution in [1.82, 2.24) is 20.1 Å². The van der Waals surface area contributed by atoms with Gasteiger partial charge in [0, 0.05) is 13.0 Å². The summed E-state index contributed by atoms with van der Waals surface area (Å²) < 4.78 is 7.62. The molecule has 0 fully saturated rings. The van der Waals surface area contributed by atoms with Crippen molar-refractivity contribution >= 4 is 0 Å². The van der Waals surface area contributed by atoms with Gasteiger partial charge in [0.25, 0.3) is 0 Å². The van der Waals surface area contributed by atoms with Crippen molar-refractivity contribution in [2.24, 2.45) is 5.92 Å². The molecule has 2 rings (SSSR count). The Labute approximate surface area is 120 Å². The van der Waals surface area contributed by atoms with Gasteiger partial charge in [-0.25, -0.2) is 9.67 Å². The molecule has 110 valence electrons. The summed E-state index contributed by atoms with van der Waals surface area (Å²) in [6.07, 6.45) is 4.17. The van der Waals surface area contributed by atoms with Crippen molar-refractivity contribution in [2.75, 3.05) is 6.54 Å². The SMILES string of the molecule is CCNC(Cc1ncnn1CC(C)C)c1occc1C. The molecule has 0 aliphatic carbocycles. The fourth-order valence-electron chi connectivity index (χ4n) is 2.37. The third kappa shape index (κ3) is 3.48. The third-order valence-electron chi connectivity index (χ3n) is 3.29. The maximum absolute atomic E-state index is 5.63. The van der Waals surface area contributed by atoms with Crippen molar-refractivity contribution in [3.05, 3.63) is 35.8 Å². The van der Waals surface area contributed by atoms with E-state index in [1.807, 2.05) is 10.7 Å². The fourth-order valence-corrected chi connectivity index (χ4v) is 2.37. The van der Waals surface area contributed by atoms with Crippen molar-refractivity contribution in [2.45, 2.75) is 46.7 Å². The van der Waals surface area contributed by atoms with Gasteiger partial charge in [-0.2, -0.15) is 5.10 Å². The van der Waals surface area contributed by atoms with Crippen molar-refractivity contribution in [3.63, 3.8) is 0 Å². The van der Waals surface area contributed by atoms with Gasteiger partial charge in [0.15, 0.2) is 0 Å². The van der Waals surface area contributed by atoms with Gasteiger partial charge in [-0.05, 0) is 31.0 Å². The molecule has 0 saturated carbocycles. The smallest absolute Gasteiger partial charge is 0.138 e.